The topological polar surface area (TPSA) is 67.7 Å². The number of allylic oxidation sites excluding steroid dienone is 2. The zero-order valence-corrected chi connectivity index (χ0v) is 17.6. The molecule has 0 atom stereocenters. The molecule has 0 amide bonds. The SMILES string of the molecule is Cc1nc2nc3ccn(CCC4=CCCCC4)c(=O)c3c(-c3cccc(Cl)c3)[n+]2[nH]1. The van der Waals surface area contributed by atoms with Gasteiger partial charge in [0.2, 0.25) is 5.82 Å². The average molecular weight is 421 g/mol. The number of halogens is 1. The Hall–Kier alpha value is -2.99. The van der Waals surface area contributed by atoms with Crippen molar-refractivity contribution in [3.63, 3.8) is 0 Å². The Labute approximate surface area is 178 Å². The van der Waals surface area contributed by atoms with Gasteiger partial charge >= 0.3 is 5.78 Å². The largest absolute Gasteiger partial charge is 0.458 e. The maximum atomic E-state index is 13.6. The van der Waals surface area contributed by atoms with Gasteiger partial charge in [-0.2, -0.15) is 0 Å². The first-order valence-electron chi connectivity index (χ1n) is 10.4. The van der Waals surface area contributed by atoms with Crippen LogP contribution in [0.4, 0.5) is 0 Å². The highest BCUT2D eigenvalue weighted by Crippen LogP contribution is 2.25. The van der Waals surface area contributed by atoms with Crippen LogP contribution < -0.4 is 10.1 Å². The molecule has 7 heteroatoms. The number of aryl methyl sites for hydroxylation is 2. The van der Waals surface area contributed by atoms with E-state index in [1.165, 1.54) is 18.4 Å². The number of rotatable bonds is 4. The number of aromatic amines is 1. The number of hydrogen-bond acceptors (Lipinski definition) is 3. The molecule has 1 aromatic carbocycles. The van der Waals surface area contributed by atoms with Crippen molar-refractivity contribution in [3.8, 4) is 11.3 Å². The van der Waals surface area contributed by atoms with Crippen LogP contribution in [-0.4, -0.2) is 19.6 Å². The summed E-state index contributed by atoms with van der Waals surface area (Å²) in [6.07, 6.45) is 9.89. The average Bonchev–Trinajstić information content (AvgIpc) is 3.12. The quantitative estimate of drug-likeness (QED) is 0.393. The summed E-state index contributed by atoms with van der Waals surface area (Å²) >= 11 is 6.27. The highest BCUT2D eigenvalue weighted by molar-refractivity contribution is 6.30. The number of aromatic nitrogens is 5. The second kappa shape index (κ2) is 7.69. The van der Waals surface area contributed by atoms with E-state index in [-0.39, 0.29) is 5.56 Å². The summed E-state index contributed by atoms with van der Waals surface area (Å²) in [5.41, 5.74) is 3.62. The molecule has 0 unspecified atom stereocenters. The van der Waals surface area contributed by atoms with Crippen molar-refractivity contribution in [2.24, 2.45) is 0 Å². The Morgan fingerprint density at radius 3 is 2.93 bits per heavy atom. The number of fused-ring (bicyclic) bond motifs is 2. The Morgan fingerprint density at radius 1 is 1.23 bits per heavy atom. The van der Waals surface area contributed by atoms with Crippen LogP contribution in [0.5, 0.6) is 0 Å². The lowest BCUT2D eigenvalue weighted by molar-refractivity contribution is -0.567. The molecule has 4 aromatic rings. The van der Waals surface area contributed by atoms with Crippen LogP contribution in [0.15, 0.2) is 53.0 Å². The van der Waals surface area contributed by atoms with Crippen molar-refractivity contribution < 1.29 is 4.52 Å². The fraction of sp³-hybridized carbons (Fsp3) is 0.304. The number of hydrogen-bond donors (Lipinski definition) is 1. The van der Waals surface area contributed by atoms with E-state index in [4.69, 9.17) is 11.6 Å². The highest BCUT2D eigenvalue weighted by Gasteiger charge is 2.24. The van der Waals surface area contributed by atoms with Crippen molar-refractivity contribution in [1.82, 2.24) is 19.6 Å². The molecule has 1 aliphatic rings. The molecule has 3 aromatic heterocycles. The van der Waals surface area contributed by atoms with Gasteiger partial charge in [0.25, 0.3) is 5.56 Å². The van der Waals surface area contributed by atoms with Crippen LogP contribution in [0.2, 0.25) is 5.02 Å². The van der Waals surface area contributed by atoms with Gasteiger partial charge in [0.05, 0.1) is 0 Å². The molecule has 0 radical (unpaired) electrons. The molecule has 3 heterocycles. The predicted molar refractivity (Wildman–Crippen MR) is 118 cm³/mol. The van der Waals surface area contributed by atoms with Crippen LogP contribution in [0.25, 0.3) is 27.9 Å². The van der Waals surface area contributed by atoms with Crippen LogP contribution in [-0.2, 0) is 6.54 Å². The van der Waals surface area contributed by atoms with E-state index in [9.17, 15) is 4.79 Å². The van der Waals surface area contributed by atoms with Gasteiger partial charge in [-0.05, 0) is 50.3 Å². The first kappa shape index (κ1) is 19.0. The Morgan fingerprint density at radius 2 is 2.13 bits per heavy atom. The summed E-state index contributed by atoms with van der Waals surface area (Å²) in [6.45, 7) is 2.54. The first-order valence-corrected chi connectivity index (χ1v) is 10.7. The molecule has 1 aliphatic carbocycles. The Balaban J connectivity index is 1.71. The van der Waals surface area contributed by atoms with Crippen molar-refractivity contribution in [1.29, 1.82) is 0 Å². The summed E-state index contributed by atoms with van der Waals surface area (Å²) in [6, 6.07) is 9.43. The lowest BCUT2D eigenvalue weighted by Gasteiger charge is -2.14. The van der Waals surface area contributed by atoms with Crippen molar-refractivity contribution in [2.75, 3.05) is 0 Å². The minimum Gasteiger partial charge on any atom is -0.314 e. The van der Waals surface area contributed by atoms with Crippen LogP contribution in [0, 0.1) is 6.92 Å². The third kappa shape index (κ3) is 3.41. The van der Waals surface area contributed by atoms with Crippen molar-refractivity contribution >= 4 is 28.3 Å². The van der Waals surface area contributed by atoms with Gasteiger partial charge in [-0.1, -0.05) is 45.4 Å². The van der Waals surface area contributed by atoms with Gasteiger partial charge in [0.15, 0.2) is 11.2 Å². The van der Waals surface area contributed by atoms with Gasteiger partial charge < -0.3 is 4.57 Å². The molecule has 0 saturated carbocycles. The van der Waals surface area contributed by atoms with Gasteiger partial charge in [-0.15, -0.1) is 4.52 Å². The zero-order chi connectivity index (χ0) is 20.7. The van der Waals surface area contributed by atoms with Gasteiger partial charge in [-0.3, -0.25) is 4.79 Å². The number of H-pyrrole nitrogens is 1. The number of nitrogens with one attached hydrogen (secondary N) is 1. The molecule has 1 N–H and O–H groups in total. The first-order chi connectivity index (χ1) is 14.6. The minimum atomic E-state index is -0.0481. The lowest BCUT2D eigenvalue weighted by atomic mass is 9.97. The summed E-state index contributed by atoms with van der Waals surface area (Å²) in [5.74, 6) is 1.25. The molecular weight excluding hydrogens is 398 g/mol. The fourth-order valence-electron chi connectivity index (χ4n) is 4.25. The van der Waals surface area contributed by atoms with Gasteiger partial charge in [-0.25, -0.2) is 5.10 Å². The molecule has 152 valence electrons. The molecule has 0 bridgehead atoms. The molecule has 0 aliphatic heterocycles. The smallest absolute Gasteiger partial charge is 0.314 e. The molecule has 0 fully saturated rings. The molecule has 5 rings (SSSR count). The van der Waals surface area contributed by atoms with E-state index in [1.54, 1.807) is 9.08 Å². The molecule has 0 spiro atoms. The van der Waals surface area contributed by atoms with E-state index in [2.05, 4.69) is 21.1 Å². The summed E-state index contributed by atoms with van der Waals surface area (Å²) in [4.78, 5) is 22.6. The molecule has 0 saturated heterocycles. The Kier molecular flexibility index (Phi) is 4.87. The number of nitrogens with zero attached hydrogens (tertiary/aromatic N) is 4. The van der Waals surface area contributed by atoms with Gasteiger partial charge in [0.1, 0.15) is 5.39 Å². The number of pyridine rings is 1. The van der Waals surface area contributed by atoms with E-state index in [0.29, 0.717) is 28.2 Å². The second-order valence-corrected chi connectivity index (χ2v) is 8.28. The third-order valence-electron chi connectivity index (χ3n) is 5.72. The summed E-state index contributed by atoms with van der Waals surface area (Å²) in [7, 11) is 0. The maximum absolute atomic E-state index is 13.6. The van der Waals surface area contributed by atoms with E-state index in [0.717, 1.165) is 36.3 Å². The molecular formula is C23H23ClN5O+. The van der Waals surface area contributed by atoms with Crippen LogP contribution in [0.3, 0.4) is 0 Å². The second-order valence-electron chi connectivity index (χ2n) is 7.85. The van der Waals surface area contributed by atoms with Gasteiger partial charge in [0, 0.05) is 30.3 Å². The predicted octanol–water partition coefficient (Wildman–Crippen LogP) is 4.38. The highest BCUT2D eigenvalue weighted by atomic mass is 35.5. The fourth-order valence-corrected chi connectivity index (χ4v) is 4.44. The molecule has 6 nitrogen and oxygen atoms in total. The summed E-state index contributed by atoms with van der Waals surface area (Å²) in [5, 5.41) is 4.39. The zero-order valence-electron chi connectivity index (χ0n) is 16.9. The normalized spacial score (nSPS) is 14.4. The lowest BCUT2D eigenvalue weighted by Crippen LogP contribution is -2.32. The Bertz CT molecular complexity index is 1350. The third-order valence-corrected chi connectivity index (χ3v) is 5.96. The standard InChI is InChI=1S/C23H22ClN5O/c1-15-25-23-26-19-11-13-28(12-10-16-6-3-2-4-7-16)22(30)20(19)21(29(23)27-15)17-8-5-9-18(24)14-17/h5-6,8-9,11,13-14H,2-4,7,10,12H2,1H3/p+1. The number of benzene rings is 1. The van der Waals surface area contributed by atoms with Crippen molar-refractivity contribution in [3.05, 3.63) is 69.4 Å². The van der Waals surface area contributed by atoms with E-state index >= 15 is 0 Å². The maximum Gasteiger partial charge on any atom is 0.458 e. The van der Waals surface area contributed by atoms with Crippen molar-refractivity contribution in [2.45, 2.75) is 45.6 Å². The van der Waals surface area contributed by atoms with Crippen LogP contribution >= 0.6 is 11.6 Å². The van der Waals surface area contributed by atoms with Crippen LogP contribution in [0.1, 0.15) is 37.9 Å². The van der Waals surface area contributed by atoms with E-state index < -0.39 is 0 Å². The van der Waals surface area contributed by atoms with E-state index in [1.807, 2.05) is 43.5 Å². The monoisotopic (exact) mass is 420 g/mol. The minimum absolute atomic E-state index is 0.0481. The summed E-state index contributed by atoms with van der Waals surface area (Å²) < 4.78 is 3.57. The molecule has 30 heavy (non-hydrogen) atoms.